The zero-order chi connectivity index (χ0) is 18.3. The number of ether oxygens (including phenoxy) is 2. The van der Waals surface area contributed by atoms with Gasteiger partial charge in [-0.3, -0.25) is 0 Å². The van der Waals surface area contributed by atoms with Crippen LogP contribution in [0.25, 0.3) is 0 Å². The molecule has 2 aromatic carbocycles. The molecule has 2 rings (SSSR count). The molecule has 8 heteroatoms. The highest BCUT2D eigenvalue weighted by Crippen LogP contribution is 2.21. The van der Waals surface area contributed by atoms with Crippen molar-refractivity contribution < 1.29 is 27.0 Å². The Morgan fingerprint density at radius 3 is 2.12 bits per heavy atom. The van der Waals surface area contributed by atoms with Gasteiger partial charge in [0.1, 0.15) is 5.75 Å². The molecular formula is C17H14F4N2O2. The molecule has 132 valence electrons. The highest BCUT2D eigenvalue weighted by atomic mass is 19.4. The van der Waals surface area contributed by atoms with E-state index in [2.05, 4.69) is 14.9 Å². The Balaban J connectivity index is 1.96. The van der Waals surface area contributed by atoms with E-state index < -0.39 is 24.3 Å². The second kappa shape index (κ2) is 8.27. The lowest BCUT2D eigenvalue weighted by molar-refractivity contribution is -0.153. The van der Waals surface area contributed by atoms with E-state index in [9.17, 15) is 17.6 Å². The molecule has 0 amide bonds. The Morgan fingerprint density at radius 1 is 0.960 bits per heavy atom. The number of hydrogen-bond donors (Lipinski definition) is 0. The second-order valence-electron chi connectivity index (χ2n) is 4.86. The van der Waals surface area contributed by atoms with Crippen molar-refractivity contribution in [2.75, 3.05) is 13.7 Å². The first kappa shape index (κ1) is 18.4. The molecule has 2 aromatic rings. The van der Waals surface area contributed by atoms with E-state index in [1.54, 1.807) is 31.4 Å². The van der Waals surface area contributed by atoms with Crippen LogP contribution in [0, 0.1) is 5.82 Å². The number of halogens is 4. The van der Waals surface area contributed by atoms with Crippen LogP contribution < -0.4 is 9.47 Å². The van der Waals surface area contributed by atoms with Gasteiger partial charge in [0, 0.05) is 0 Å². The van der Waals surface area contributed by atoms with Crippen molar-refractivity contribution in [3.05, 3.63) is 59.4 Å². The summed E-state index contributed by atoms with van der Waals surface area (Å²) in [7, 11) is 1.56. The van der Waals surface area contributed by atoms with Crippen LogP contribution in [0.3, 0.4) is 0 Å². The molecular weight excluding hydrogens is 340 g/mol. The molecule has 0 spiro atoms. The third kappa shape index (κ3) is 6.25. The van der Waals surface area contributed by atoms with Gasteiger partial charge >= 0.3 is 6.18 Å². The molecule has 0 bridgehead atoms. The standard InChI is InChI=1S/C17H14F4N2O2/c1-24-14-5-2-12(3-6-14)9-22-23-10-13-4-7-16(15(18)8-13)25-11-17(19,20)21/h2-10H,11H2,1H3. The number of methoxy groups -OCH3 is 1. The number of alkyl halides is 3. The van der Waals surface area contributed by atoms with E-state index in [1.165, 1.54) is 18.5 Å². The summed E-state index contributed by atoms with van der Waals surface area (Å²) in [5.74, 6) is -0.674. The molecule has 0 unspecified atom stereocenters. The maximum absolute atomic E-state index is 13.7. The summed E-state index contributed by atoms with van der Waals surface area (Å²) in [4.78, 5) is 0. The third-order valence-electron chi connectivity index (χ3n) is 2.94. The lowest BCUT2D eigenvalue weighted by Gasteiger charge is -2.09. The summed E-state index contributed by atoms with van der Waals surface area (Å²) < 4.78 is 59.2. The van der Waals surface area contributed by atoms with Crippen molar-refractivity contribution >= 4 is 12.4 Å². The first-order valence-electron chi connectivity index (χ1n) is 7.07. The average molecular weight is 354 g/mol. The van der Waals surface area contributed by atoms with E-state index in [-0.39, 0.29) is 0 Å². The largest absolute Gasteiger partial charge is 0.497 e. The molecule has 25 heavy (non-hydrogen) atoms. The lowest BCUT2D eigenvalue weighted by atomic mass is 10.2. The highest BCUT2D eigenvalue weighted by molar-refractivity contribution is 5.82. The SMILES string of the molecule is COc1ccc(C=NN=Cc2ccc(OCC(F)(F)F)c(F)c2)cc1. The van der Waals surface area contributed by atoms with Gasteiger partial charge in [-0.15, -0.1) is 0 Å². The molecule has 0 aromatic heterocycles. The number of benzene rings is 2. The molecule has 0 N–H and O–H groups in total. The maximum atomic E-state index is 13.7. The van der Waals surface area contributed by atoms with Gasteiger partial charge < -0.3 is 9.47 Å². The van der Waals surface area contributed by atoms with Gasteiger partial charge in [0.2, 0.25) is 0 Å². The molecule has 0 aliphatic heterocycles. The molecule has 0 saturated heterocycles. The molecule has 0 saturated carbocycles. The van der Waals surface area contributed by atoms with Crippen molar-refractivity contribution in [2.45, 2.75) is 6.18 Å². The highest BCUT2D eigenvalue weighted by Gasteiger charge is 2.28. The van der Waals surface area contributed by atoms with Crippen LogP contribution in [0.5, 0.6) is 11.5 Å². The molecule has 0 heterocycles. The van der Waals surface area contributed by atoms with Gasteiger partial charge in [-0.05, 0) is 53.6 Å². The molecule has 0 aliphatic carbocycles. The lowest BCUT2D eigenvalue weighted by Crippen LogP contribution is -2.19. The van der Waals surface area contributed by atoms with Crippen LogP contribution in [0.15, 0.2) is 52.7 Å². The number of hydrogen-bond acceptors (Lipinski definition) is 4. The molecule has 0 radical (unpaired) electrons. The van der Waals surface area contributed by atoms with Gasteiger partial charge in [-0.25, -0.2) is 4.39 Å². The topological polar surface area (TPSA) is 43.2 Å². The fourth-order valence-corrected chi connectivity index (χ4v) is 1.76. The zero-order valence-corrected chi connectivity index (χ0v) is 13.1. The van der Waals surface area contributed by atoms with Crippen LogP contribution in [-0.4, -0.2) is 32.3 Å². The summed E-state index contributed by atoms with van der Waals surface area (Å²) in [6.07, 6.45) is -1.76. The van der Waals surface area contributed by atoms with Crippen LogP contribution in [-0.2, 0) is 0 Å². The predicted molar refractivity (Wildman–Crippen MR) is 86.1 cm³/mol. The second-order valence-corrected chi connectivity index (χ2v) is 4.86. The maximum Gasteiger partial charge on any atom is 0.422 e. The van der Waals surface area contributed by atoms with E-state index >= 15 is 0 Å². The predicted octanol–water partition coefficient (Wildman–Crippen LogP) is 4.23. The minimum atomic E-state index is -4.53. The Morgan fingerprint density at radius 2 is 1.56 bits per heavy atom. The Bertz CT molecular complexity index is 756. The van der Waals surface area contributed by atoms with Crippen molar-refractivity contribution in [3.8, 4) is 11.5 Å². The smallest absolute Gasteiger partial charge is 0.422 e. The van der Waals surface area contributed by atoms with Crippen LogP contribution in [0.4, 0.5) is 17.6 Å². The van der Waals surface area contributed by atoms with Gasteiger partial charge in [-0.2, -0.15) is 23.4 Å². The fraction of sp³-hybridized carbons (Fsp3) is 0.176. The molecule has 4 nitrogen and oxygen atoms in total. The Hall–Kier alpha value is -2.90. The summed E-state index contributed by atoms with van der Waals surface area (Å²) >= 11 is 0. The van der Waals surface area contributed by atoms with Crippen LogP contribution in [0.1, 0.15) is 11.1 Å². The summed E-state index contributed by atoms with van der Waals surface area (Å²) in [6.45, 7) is -1.55. The van der Waals surface area contributed by atoms with E-state index in [1.807, 2.05) is 0 Å². The normalized spacial score (nSPS) is 12.0. The minimum absolute atomic E-state index is 0.337. The molecule has 0 aliphatic rings. The average Bonchev–Trinajstić information content (AvgIpc) is 2.57. The first-order chi connectivity index (χ1) is 11.9. The Kier molecular flexibility index (Phi) is 6.10. The van der Waals surface area contributed by atoms with E-state index in [0.29, 0.717) is 11.3 Å². The van der Waals surface area contributed by atoms with Crippen molar-refractivity contribution in [2.24, 2.45) is 10.2 Å². The minimum Gasteiger partial charge on any atom is -0.497 e. The molecule has 0 atom stereocenters. The van der Waals surface area contributed by atoms with Gasteiger partial charge in [0.05, 0.1) is 19.5 Å². The number of nitrogens with zero attached hydrogens (tertiary/aromatic N) is 2. The van der Waals surface area contributed by atoms with Crippen molar-refractivity contribution in [1.29, 1.82) is 0 Å². The van der Waals surface area contributed by atoms with Gasteiger partial charge in [0.15, 0.2) is 18.2 Å². The summed E-state index contributed by atoms with van der Waals surface area (Å²) in [5, 5.41) is 7.58. The van der Waals surface area contributed by atoms with Gasteiger partial charge in [0.25, 0.3) is 0 Å². The van der Waals surface area contributed by atoms with E-state index in [4.69, 9.17) is 4.74 Å². The molecule has 0 fully saturated rings. The third-order valence-corrected chi connectivity index (χ3v) is 2.94. The number of rotatable bonds is 6. The summed E-state index contributed by atoms with van der Waals surface area (Å²) in [6, 6.07) is 10.6. The first-order valence-corrected chi connectivity index (χ1v) is 7.07. The monoisotopic (exact) mass is 354 g/mol. The van der Waals surface area contributed by atoms with Crippen LogP contribution in [0.2, 0.25) is 0 Å². The quantitative estimate of drug-likeness (QED) is 0.443. The van der Waals surface area contributed by atoms with Crippen molar-refractivity contribution in [1.82, 2.24) is 0 Å². The van der Waals surface area contributed by atoms with E-state index in [0.717, 1.165) is 17.7 Å². The fourth-order valence-electron chi connectivity index (χ4n) is 1.76. The Labute approximate surface area is 141 Å². The van der Waals surface area contributed by atoms with Crippen molar-refractivity contribution in [3.63, 3.8) is 0 Å². The van der Waals surface area contributed by atoms with Gasteiger partial charge in [-0.1, -0.05) is 0 Å². The van der Waals surface area contributed by atoms with Crippen LogP contribution >= 0.6 is 0 Å². The summed E-state index contributed by atoms with van der Waals surface area (Å²) in [5.41, 5.74) is 1.13. The zero-order valence-electron chi connectivity index (χ0n) is 13.1.